The number of carbonyl (C=O) groups excluding carboxylic acids is 1. The van der Waals surface area contributed by atoms with Crippen molar-refractivity contribution in [3.63, 3.8) is 0 Å². The van der Waals surface area contributed by atoms with Gasteiger partial charge in [0, 0.05) is 44.4 Å². The fourth-order valence-corrected chi connectivity index (χ4v) is 4.45. The lowest BCUT2D eigenvalue weighted by molar-refractivity contribution is 0.0138. The van der Waals surface area contributed by atoms with Crippen molar-refractivity contribution in [3.05, 3.63) is 53.3 Å². The largest absolute Gasteiger partial charge is 0.504 e. The number of hydrogen-bond donors (Lipinski definition) is 1. The molecular weight excluding hydrogens is 459 g/mol. The smallest absolute Gasteiger partial charge is 0.410 e. The van der Waals surface area contributed by atoms with Crippen LogP contribution in [0.5, 0.6) is 11.5 Å². The number of azo groups is 1. The lowest BCUT2D eigenvalue weighted by atomic mass is 10.1. The summed E-state index contributed by atoms with van der Waals surface area (Å²) in [5.74, 6) is 1.05. The van der Waals surface area contributed by atoms with Crippen LogP contribution in [0.1, 0.15) is 37.7 Å². The second-order valence-electron chi connectivity index (χ2n) is 9.93. The van der Waals surface area contributed by atoms with Gasteiger partial charge in [-0.1, -0.05) is 18.2 Å². The highest BCUT2D eigenvalue weighted by molar-refractivity contribution is 5.95. The third-order valence-electron chi connectivity index (χ3n) is 6.26. The van der Waals surface area contributed by atoms with Gasteiger partial charge in [0.15, 0.2) is 11.5 Å². The molecule has 1 amide bonds. The molecule has 2 aromatic carbocycles. The van der Waals surface area contributed by atoms with E-state index in [9.17, 15) is 9.90 Å². The molecule has 188 valence electrons. The molecule has 5 rings (SSSR count). The van der Waals surface area contributed by atoms with E-state index in [0.29, 0.717) is 60.9 Å². The van der Waals surface area contributed by atoms with Crippen LogP contribution in [-0.4, -0.2) is 59.9 Å². The molecule has 0 atom stereocenters. The summed E-state index contributed by atoms with van der Waals surface area (Å²) >= 11 is 0. The van der Waals surface area contributed by atoms with Gasteiger partial charge in [-0.25, -0.2) is 4.79 Å². The number of methoxy groups -OCH3 is 1. The molecule has 1 saturated heterocycles. The maximum atomic E-state index is 12.4. The fourth-order valence-electron chi connectivity index (χ4n) is 4.45. The van der Waals surface area contributed by atoms with Crippen molar-refractivity contribution in [1.82, 2.24) is 9.80 Å². The summed E-state index contributed by atoms with van der Waals surface area (Å²) in [6.45, 7) is 8.65. The minimum Gasteiger partial charge on any atom is -0.504 e. The first-order chi connectivity index (χ1) is 17.2. The lowest BCUT2D eigenvalue weighted by Gasteiger charge is -2.35. The van der Waals surface area contributed by atoms with Crippen LogP contribution in [0, 0.1) is 0 Å². The van der Waals surface area contributed by atoms with E-state index in [2.05, 4.69) is 15.1 Å². The Labute approximate surface area is 209 Å². The Morgan fingerprint density at radius 1 is 1.11 bits per heavy atom. The van der Waals surface area contributed by atoms with Gasteiger partial charge in [-0.3, -0.25) is 4.90 Å². The Bertz CT molecular complexity index is 1360. The number of nitrogens with zero attached hydrogens (tertiary/aromatic N) is 4. The van der Waals surface area contributed by atoms with Crippen molar-refractivity contribution in [2.75, 3.05) is 33.3 Å². The summed E-state index contributed by atoms with van der Waals surface area (Å²) in [5.41, 5.74) is 3.19. The minimum absolute atomic E-state index is 0.0516. The van der Waals surface area contributed by atoms with E-state index >= 15 is 0 Å². The SMILES string of the molecule is CC(C)(C)OC(=O)N1CCN(Cc2c(O[11CH3])ccc3c(O)c(/C=C4/N=Nc5ccccc54)oc23)CC1. The Kier molecular flexibility index (Phi) is 6.17. The lowest BCUT2D eigenvalue weighted by Crippen LogP contribution is -2.49. The third kappa shape index (κ3) is 4.66. The van der Waals surface area contributed by atoms with Gasteiger partial charge in [-0.05, 0) is 39.0 Å². The molecule has 1 aromatic heterocycles. The Morgan fingerprint density at radius 3 is 2.58 bits per heavy atom. The molecular formula is C27H30N4O5. The average Bonchev–Trinajstić information content (AvgIpc) is 3.40. The third-order valence-corrected chi connectivity index (χ3v) is 6.26. The maximum absolute atomic E-state index is 12.4. The summed E-state index contributed by atoms with van der Waals surface area (Å²) in [4.78, 5) is 16.4. The van der Waals surface area contributed by atoms with Gasteiger partial charge < -0.3 is 23.9 Å². The summed E-state index contributed by atoms with van der Waals surface area (Å²) in [6.07, 6.45) is 1.42. The Morgan fingerprint density at radius 2 is 1.86 bits per heavy atom. The van der Waals surface area contributed by atoms with Gasteiger partial charge in [-0.15, -0.1) is 10.2 Å². The number of hydrogen-bond acceptors (Lipinski definition) is 8. The van der Waals surface area contributed by atoms with Crippen LogP contribution >= 0.6 is 0 Å². The van der Waals surface area contributed by atoms with Crippen molar-refractivity contribution in [3.8, 4) is 11.5 Å². The summed E-state index contributed by atoms with van der Waals surface area (Å²) in [7, 11) is 1.62. The van der Waals surface area contributed by atoms with Crippen LogP contribution in [0.4, 0.5) is 10.5 Å². The van der Waals surface area contributed by atoms with Gasteiger partial charge in [0.1, 0.15) is 16.9 Å². The molecule has 0 aliphatic carbocycles. The number of carbonyl (C=O) groups is 1. The summed E-state index contributed by atoms with van der Waals surface area (Å²) in [5, 5.41) is 20.0. The second-order valence-corrected chi connectivity index (χ2v) is 9.93. The topological polar surface area (TPSA) is 100 Å². The molecule has 3 heterocycles. The highest BCUT2D eigenvalue weighted by Gasteiger charge is 2.28. The fraction of sp³-hybridized carbons (Fsp3) is 0.370. The van der Waals surface area contributed by atoms with Crippen molar-refractivity contribution < 1.29 is 23.8 Å². The van der Waals surface area contributed by atoms with Crippen molar-refractivity contribution in [2.45, 2.75) is 32.9 Å². The molecule has 0 spiro atoms. The zero-order chi connectivity index (χ0) is 25.4. The van der Waals surface area contributed by atoms with Crippen molar-refractivity contribution >= 4 is 34.5 Å². The number of rotatable bonds is 4. The predicted molar refractivity (Wildman–Crippen MR) is 136 cm³/mol. The predicted octanol–water partition coefficient (Wildman–Crippen LogP) is 5.80. The molecule has 3 aromatic rings. The van der Waals surface area contributed by atoms with Gasteiger partial charge in [-0.2, -0.15) is 0 Å². The second kappa shape index (κ2) is 9.31. The highest BCUT2D eigenvalue weighted by atomic mass is 16.6. The number of aromatic hydroxyl groups is 1. The van der Waals surface area contributed by atoms with Gasteiger partial charge in [0.25, 0.3) is 0 Å². The first-order valence-electron chi connectivity index (χ1n) is 12.0. The highest BCUT2D eigenvalue weighted by Crippen LogP contribution is 2.42. The van der Waals surface area contributed by atoms with E-state index in [-0.39, 0.29) is 11.8 Å². The maximum Gasteiger partial charge on any atom is 0.410 e. The number of ether oxygens (including phenoxy) is 2. The zero-order valence-corrected chi connectivity index (χ0v) is 20.9. The zero-order valence-electron chi connectivity index (χ0n) is 20.9. The number of benzene rings is 2. The van der Waals surface area contributed by atoms with E-state index in [1.807, 2.05) is 51.1 Å². The van der Waals surface area contributed by atoms with Crippen LogP contribution in [0.25, 0.3) is 22.7 Å². The van der Waals surface area contributed by atoms with Gasteiger partial charge in [0.2, 0.25) is 0 Å². The first kappa shape index (κ1) is 23.9. The quantitative estimate of drug-likeness (QED) is 0.498. The Balaban J connectivity index is 1.39. The molecule has 2 aliphatic rings. The molecule has 0 bridgehead atoms. The number of fused-ring (bicyclic) bond motifs is 2. The molecule has 0 radical (unpaired) electrons. The molecule has 0 unspecified atom stereocenters. The van der Waals surface area contributed by atoms with Gasteiger partial charge in [0.05, 0.1) is 29.4 Å². The van der Waals surface area contributed by atoms with Crippen molar-refractivity contribution in [2.24, 2.45) is 10.2 Å². The molecule has 0 saturated carbocycles. The molecule has 36 heavy (non-hydrogen) atoms. The normalized spacial score (nSPS) is 17.1. The van der Waals surface area contributed by atoms with Gasteiger partial charge >= 0.3 is 6.09 Å². The van der Waals surface area contributed by atoms with E-state index in [0.717, 1.165) is 16.8 Å². The summed E-state index contributed by atoms with van der Waals surface area (Å²) in [6, 6.07) is 11.3. The van der Waals surface area contributed by atoms with Crippen LogP contribution in [0.2, 0.25) is 0 Å². The number of piperazine rings is 1. The molecule has 9 heteroatoms. The first-order valence-corrected chi connectivity index (χ1v) is 12.0. The molecule has 1 N–H and O–H groups in total. The molecule has 9 nitrogen and oxygen atoms in total. The Hall–Kier alpha value is -3.85. The number of amides is 1. The molecule has 2 aliphatic heterocycles. The van der Waals surface area contributed by atoms with E-state index in [4.69, 9.17) is 13.9 Å². The van der Waals surface area contributed by atoms with Crippen LogP contribution < -0.4 is 4.74 Å². The van der Waals surface area contributed by atoms with E-state index in [1.54, 1.807) is 24.2 Å². The average molecular weight is 490 g/mol. The van der Waals surface area contributed by atoms with Crippen LogP contribution in [-0.2, 0) is 11.3 Å². The van der Waals surface area contributed by atoms with Crippen molar-refractivity contribution in [1.29, 1.82) is 0 Å². The molecule has 1 fully saturated rings. The van der Waals surface area contributed by atoms with Crippen LogP contribution in [0.15, 0.2) is 51.0 Å². The monoisotopic (exact) mass is 489 g/mol. The van der Waals surface area contributed by atoms with Crippen LogP contribution in [0.3, 0.4) is 0 Å². The van der Waals surface area contributed by atoms with E-state index < -0.39 is 5.60 Å². The van der Waals surface area contributed by atoms with E-state index in [1.165, 1.54) is 0 Å². The summed E-state index contributed by atoms with van der Waals surface area (Å²) < 4.78 is 17.3. The standard InChI is InChI=1S/C27H30N4O5/c1-27(2,3)36-26(33)31-13-11-30(12-14-31)16-19-22(34-4)10-9-18-24(32)23(35-25(18)19)15-21-17-7-5-6-8-20(17)28-29-21/h5-10,15,32H,11-14,16H2,1-4H3/b21-15+/i4-1. The minimum atomic E-state index is -0.520. The number of furan rings is 1.